The summed E-state index contributed by atoms with van der Waals surface area (Å²) in [6.07, 6.45) is -2.73. The number of halogens is 3. The Morgan fingerprint density at radius 1 is 1.26 bits per heavy atom. The highest BCUT2D eigenvalue weighted by molar-refractivity contribution is 5.92. The fourth-order valence-electron chi connectivity index (χ4n) is 3.78. The van der Waals surface area contributed by atoms with Crippen molar-refractivity contribution < 1.29 is 37.1 Å². The third kappa shape index (κ3) is 5.78. The molecule has 2 saturated heterocycles. The van der Waals surface area contributed by atoms with Crippen LogP contribution in [-0.4, -0.2) is 69.5 Å². The minimum Gasteiger partial charge on any atom is -0.475 e. The molecule has 0 radical (unpaired) electrons. The maximum absolute atomic E-state index is 12.6. The fourth-order valence-corrected chi connectivity index (χ4v) is 3.78. The molecule has 0 saturated carbocycles. The number of carbonyl (C=O) groups excluding carboxylic acids is 1. The van der Waals surface area contributed by atoms with E-state index in [2.05, 4.69) is 15.1 Å². The summed E-state index contributed by atoms with van der Waals surface area (Å²) in [5, 5.41) is 11.0. The molecule has 31 heavy (non-hydrogen) atoms. The van der Waals surface area contributed by atoms with Crippen LogP contribution in [0.3, 0.4) is 0 Å². The Bertz CT molecular complexity index is 905. The molecule has 0 unspecified atom stereocenters. The van der Waals surface area contributed by atoms with E-state index in [0.717, 1.165) is 13.1 Å². The third-order valence-electron chi connectivity index (χ3n) is 5.18. The lowest BCUT2D eigenvalue weighted by Crippen LogP contribution is -2.36. The van der Waals surface area contributed by atoms with Gasteiger partial charge in [-0.05, 0) is 30.9 Å². The molecule has 4 heterocycles. The van der Waals surface area contributed by atoms with Crippen molar-refractivity contribution in [2.75, 3.05) is 26.3 Å². The lowest BCUT2D eigenvalue weighted by molar-refractivity contribution is -0.192. The summed E-state index contributed by atoms with van der Waals surface area (Å²) in [7, 11) is 0. The van der Waals surface area contributed by atoms with Gasteiger partial charge in [-0.2, -0.15) is 18.2 Å². The maximum atomic E-state index is 12.6. The Kier molecular flexibility index (Phi) is 6.88. The first-order chi connectivity index (χ1) is 14.6. The number of carboxylic acid groups (broad SMARTS) is 1. The van der Waals surface area contributed by atoms with Crippen LogP contribution in [0, 0.1) is 24.7 Å². The van der Waals surface area contributed by atoms with Gasteiger partial charge in [-0.25, -0.2) is 4.79 Å². The van der Waals surface area contributed by atoms with Crippen molar-refractivity contribution in [1.82, 2.24) is 20.0 Å². The number of alkyl halides is 3. The van der Waals surface area contributed by atoms with Gasteiger partial charge in [-0.3, -0.25) is 9.78 Å². The second-order valence-corrected chi connectivity index (χ2v) is 7.39. The van der Waals surface area contributed by atoms with Crippen LogP contribution in [-0.2, 0) is 16.0 Å². The molecule has 2 fully saturated rings. The monoisotopic (exact) mass is 442 g/mol. The van der Waals surface area contributed by atoms with Crippen molar-refractivity contribution >= 4 is 11.9 Å². The molecule has 9 nitrogen and oxygen atoms in total. The van der Waals surface area contributed by atoms with Gasteiger partial charge in [0.05, 0.1) is 13.2 Å². The normalized spacial score (nSPS) is 23.0. The third-order valence-corrected chi connectivity index (χ3v) is 5.18. The molecule has 0 spiro atoms. The number of pyridine rings is 1. The molecule has 2 aliphatic heterocycles. The van der Waals surface area contributed by atoms with Gasteiger partial charge in [-0.1, -0.05) is 11.2 Å². The number of ether oxygens (including phenoxy) is 1. The summed E-state index contributed by atoms with van der Waals surface area (Å²) in [5.74, 6) is -0.401. The number of carboxylic acids is 1. The van der Waals surface area contributed by atoms with Crippen LogP contribution in [0.1, 0.15) is 22.2 Å². The SMILES string of the molecule is Cc1noc(C[C@@H]2COC[C@H]3CN(C(=O)c4ccccn4)C[C@@H]23)n1.O=C(O)C(F)(F)F. The molecule has 1 amide bonds. The first-order valence-electron chi connectivity index (χ1n) is 9.52. The van der Waals surface area contributed by atoms with E-state index < -0.39 is 12.1 Å². The van der Waals surface area contributed by atoms with E-state index >= 15 is 0 Å². The Labute approximate surface area is 175 Å². The molecule has 0 aromatic carbocycles. The van der Waals surface area contributed by atoms with E-state index in [1.807, 2.05) is 24.0 Å². The van der Waals surface area contributed by atoms with Crippen LogP contribution < -0.4 is 0 Å². The summed E-state index contributed by atoms with van der Waals surface area (Å²) in [6.45, 7) is 4.65. The summed E-state index contributed by atoms with van der Waals surface area (Å²) in [5.41, 5.74) is 0.501. The summed E-state index contributed by atoms with van der Waals surface area (Å²) in [4.78, 5) is 31.9. The van der Waals surface area contributed by atoms with Gasteiger partial charge in [0.25, 0.3) is 5.91 Å². The zero-order valence-corrected chi connectivity index (χ0v) is 16.6. The largest absolute Gasteiger partial charge is 0.490 e. The number of likely N-dealkylation sites (tertiary alicyclic amines) is 1. The van der Waals surface area contributed by atoms with E-state index in [9.17, 15) is 18.0 Å². The molecule has 0 bridgehead atoms. The molecule has 168 valence electrons. The van der Waals surface area contributed by atoms with Crippen LogP contribution in [0.25, 0.3) is 0 Å². The molecular formula is C19H21F3N4O5. The summed E-state index contributed by atoms with van der Waals surface area (Å²) < 4.78 is 42.8. The van der Waals surface area contributed by atoms with Crippen LogP contribution in [0.5, 0.6) is 0 Å². The number of hydrogen-bond donors (Lipinski definition) is 1. The molecule has 3 atom stereocenters. The Morgan fingerprint density at radius 3 is 2.58 bits per heavy atom. The Morgan fingerprint density at radius 2 is 2.00 bits per heavy atom. The molecular weight excluding hydrogens is 421 g/mol. The standard InChI is InChI=1S/C17H20N4O3.C2HF3O2/c1-11-19-16(24-20-11)6-12-9-23-10-13-7-21(8-14(12)13)17(22)15-4-2-3-5-18-15;3-2(4,5)1(6)7/h2-5,12-14H,6-10H2,1H3;(H,6,7)/t12-,13-,14+;/m1./s1. The van der Waals surface area contributed by atoms with Gasteiger partial charge < -0.3 is 19.3 Å². The number of fused-ring (bicyclic) bond motifs is 1. The minimum atomic E-state index is -5.08. The highest BCUT2D eigenvalue weighted by Crippen LogP contribution is 2.36. The molecule has 4 rings (SSSR count). The number of aryl methyl sites for hydroxylation is 1. The Hall–Kier alpha value is -3.02. The van der Waals surface area contributed by atoms with Gasteiger partial charge in [-0.15, -0.1) is 0 Å². The van der Waals surface area contributed by atoms with Crippen molar-refractivity contribution in [3.63, 3.8) is 0 Å². The second-order valence-electron chi connectivity index (χ2n) is 7.39. The first kappa shape index (κ1) is 22.7. The predicted molar refractivity (Wildman–Crippen MR) is 97.9 cm³/mol. The number of aromatic nitrogens is 3. The lowest BCUT2D eigenvalue weighted by Gasteiger charge is -2.31. The van der Waals surface area contributed by atoms with Gasteiger partial charge in [0.1, 0.15) is 5.69 Å². The average molecular weight is 442 g/mol. The van der Waals surface area contributed by atoms with E-state index in [1.54, 1.807) is 12.3 Å². The number of aliphatic carboxylic acids is 1. The average Bonchev–Trinajstić information content (AvgIpc) is 3.34. The second kappa shape index (κ2) is 9.41. The van der Waals surface area contributed by atoms with Crippen LogP contribution in [0.2, 0.25) is 0 Å². The number of hydrogen-bond acceptors (Lipinski definition) is 7. The smallest absolute Gasteiger partial charge is 0.475 e. The highest BCUT2D eigenvalue weighted by atomic mass is 19.4. The van der Waals surface area contributed by atoms with Crippen molar-refractivity contribution in [1.29, 1.82) is 0 Å². The molecule has 2 aromatic heterocycles. The van der Waals surface area contributed by atoms with Crippen LogP contribution in [0.4, 0.5) is 13.2 Å². The van der Waals surface area contributed by atoms with E-state index in [0.29, 0.717) is 54.8 Å². The van der Waals surface area contributed by atoms with Gasteiger partial charge in [0.15, 0.2) is 5.82 Å². The molecule has 2 aliphatic rings. The van der Waals surface area contributed by atoms with Gasteiger partial charge >= 0.3 is 12.1 Å². The first-order valence-corrected chi connectivity index (χ1v) is 9.52. The fraction of sp³-hybridized carbons (Fsp3) is 0.526. The molecule has 1 N–H and O–H groups in total. The topological polar surface area (TPSA) is 119 Å². The predicted octanol–water partition coefficient (Wildman–Crippen LogP) is 1.98. The highest BCUT2D eigenvalue weighted by Gasteiger charge is 2.43. The van der Waals surface area contributed by atoms with Crippen molar-refractivity contribution in [2.45, 2.75) is 19.5 Å². The molecule has 12 heteroatoms. The molecule has 2 aromatic rings. The zero-order chi connectivity index (χ0) is 22.6. The minimum absolute atomic E-state index is 0.00242. The van der Waals surface area contributed by atoms with Crippen molar-refractivity contribution in [3.05, 3.63) is 41.8 Å². The number of amides is 1. The van der Waals surface area contributed by atoms with E-state index in [1.165, 1.54) is 0 Å². The van der Waals surface area contributed by atoms with Crippen molar-refractivity contribution in [3.8, 4) is 0 Å². The summed E-state index contributed by atoms with van der Waals surface area (Å²) >= 11 is 0. The van der Waals surface area contributed by atoms with E-state index in [4.69, 9.17) is 19.2 Å². The van der Waals surface area contributed by atoms with Crippen molar-refractivity contribution in [2.24, 2.45) is 17.8 Å². The quantitative estimate of drug-likeness (QED) is 0.767. The number of nitrogens with zero attached hydrogens (tertiary/aromatic N) is 4. The number of rotatable bonds is 3. The van der Waals surface area contributed by atoms with Gasteiger partial charge in [0.2, 0.25) is 5.89 Å². The lowest BCUT2D eigenvalue weighted by atomic mass is 9.81. The Balaban J connectivity index is 0.000000339. The van der Waals surface area contributed by atoms with E-state index in [-0.39, 0.29) is 5.91 Å². The molecule has 0 aliphatic carbocycles. The van der Waals surface area contributed by atoms with Gasteiger partial charge in [0, 0.05) is 31.6 Å². The van der Waals surface area contributed by atoms with Crippen LogP contribution in [0.15, 0.2) is 28.9 Å². The zero-order valence-electron chi connectivity index (χ0n) is 16.6. The summed E-state index contributed by atoms with van der Waals surface area (Å²) in [6, 6.07) is 5.42. The maximum Gasteiger partial charge on any atom is 0.490 e. The number of carbonyl (C=O) groups is 2. The van der Waals surface area contributed by atoms with Crippen LogP contribution >= 0.6 is 0 Å².